The Hall–Kier alpha value is -0.610. The molecule has 0 aromatic heterocycles. The van der Waals surface area contributed by atoms with E-state index < -0.39 is 0 Å². The van der Waals surface area contributed by atoms with Crippen LogP contribution in [0.1, 0.15) is 40.0 Å². The molecule has 1 amide bonds. The number of ether oxygens (including phenoxy) is 1. The minimum atomic E-state index is 0.0835. The summed E-state index contributed by atoms with van der Waals surface area (Å²) in [6.07, 6.45) is 2.92. The zero-order valence-electron chi connectivity index (χ0n) is 11.2. The van der Waals surface area contributed by atoms with Gasteiger partial charge in [0, 0.05) is 25.1 Å². The van der Waals surface area contributed by atoms with Crippen LogP contribution in [-0.2, 0) is 9.53 Å². The van der Waals surface area contributed by atoms with Crippen molar-refractivity contribution >= 4 is 5.91 Å². The largest absolute Gasteiger partial charge is 0.377 e. The zero-order valence-corrected chi connectivity index (χ0v) is 11.2. The highest BCUT2D eigenvalue weighted by atomic mass is 16.5. The molecule has 4 atom stereocenters. The highest BCUT2D eigenvalue weighted by Gasteiger charge is 2.29. The van der Waals surface area contributed by atoms with Crippen molar-refractivity contribution in [1.82, 2.24) is 5.32 Å². The Balaban J connectivity index is 2.28. The maximum absolute atomic E-state index is 11.9. The predicted octanol–water partition coefficient (Wildman–Crippen LogP) is 1.29. The molecule has 4 heteroatoms. The lowest BCUT2D eigenvalue weighted by Crippen LogP contribution is -2.43. The first-order valence-corrected chi connectivity index (χ1v) is 6.69. The molecule has 0 bridgehead atoms. The maximum atomic E-state index is 11.9. The lowest BCUT2D eigenvalue weighted by Gasteiger charge is -2.31. The van der Waals surface area contributed by atoms with E-state index in [1.807, 2.05) is 13.8 Å². The van der Waals surface area contributed by atoms with Crippen molar-refractivity contribution in [2.45, 2.75) is 52.2 Å². The summed E-state index contributed by atoms with van der Waals surface area (Å²) < 4.78 is 5.38. The first kappa shape index (κ1) is 14.5. The van der Waals surface area contributed by atoms with Gasteiger partial charge in [-0.15, -0.1) is 0 Å². The van der Waals surface area contributed by atoms with Crippen molar-refractivity contribution < 1.29 is 9.53 Å². The Morgan fingerprint density at radius 2 is 2.24 bits per heavy atom. The average Bonchev–Trinajstić information content (AvgIpc) is 2.30. The molecule has 0 radical (unpaired) electrons. The summed E-state index contributed by atoms with van der Waals surface area (Å²) in [5.74, 6) is 0.773. The molecule has 1 fully saturated rings. The number of carbonyl (C=O) groups excluding carboxylic acids is 1. The summed E-state index contributed by atoms with van der Waals surface area (Å²) in [6, 6.07) is 0.170. The highest BCUT2D eigenvalue weighted by Crippen LogP contribution is 2.27. The summed E-state index contributed by atoms with van der Waals surface area (Å²) >= 11 is 0. The first-order valence-electron chi connectivity index (χ1n) is 6.69. The summed E-state index contributed by atoms with van der Waals surface area (Å²) in [5.41, 5.74) is 6.01. The fraction of sp³-hybridized carbons (Fsp3) is 0.923. The van der Waals surface area contributed by atoms with Gasteiger partial charge in [0.1, 0.15) is 0 Å². The number of hydrogen-bond acceptors (Lipinski definition) is 3. The van der Waals surface area contributed by atoms with E-state index in [9.17, 15) is 4.79 Å². The van der Waals surface area contributed by atoms with Gasteiger partial charge < -0.3 is 15.8 Å². The van der Waals surface area contributed by atoms with Gasteiger partial charge in [0.2, 0.25) is 5.91 Å². The van der Waals surface area contributed by atoms with Crippen LogP contribution in [0.3, 0.4) is 0 Å². The third-order valence-corrected chi connectivity index (χ3v) is 3.64. The molecule has 0 aliphatic heterocycles. The molecule has 3 N–H and O–H groups in total. The smallest absolute Gasteiger partial charge is 0.223 e. The van der Waals surface area contributed by atoms with Crippen LogP contribution >= 0.6 is 0 Å². The van der Waals surface area contributed by atoms with Crippen molar-refractivity contribution in [3.63, 3.8) is 0 Å². The van der Waals surface area contributed by atoms with Crippen molar-refractivity contribution in [1.29, 1.82) is 0 Å². The van der Waals surface area contributed by atoms with Crippen molar-refractivity contribution in [2.75, 3.05) is 13.2 Å². The topological polar surface area (TPSA) is 64.3 Å². The monoisotopic (exact) mass is 242 g/mol. The Morgan fingerprint density at radius 1 is 1.53 bits per heavy atom. The van der Waals surface area contributed by atoms with E-state index in [1.165, 1.54) is 0 Å². The van der Waals surface area contributed by atoms with E-state index in [4.69, 9.17) is 10.5 Å². The van der Waals surface area contributed by atoms with Crippen LogP contribution in [0, 0.1) is 11.8 Å². The molecular weight excluding hydrogens is 216 g/mol. The summed E-state index contributed by atoms with van der Waals surface area (Å²) in [6.45, 7) is 7.37. The van der Waals surface area contributed by atoms with Gasteiger partial charge in [0.25, 0.3) is 0 Å². The number of carbonyl (C=O) groups is 1. The standard InChI is InChI=1S/C13H26N2O2/c1-4-17-10(3)8-15-13(16)11-6-5-9(2)12(14)7-11/h9-12H,4-8,14H2,1-3H3,(H,15,16). The molecule has 0 heterocycles. The Labute approximate surface area is 104 Å². The third-order valence-electron chi connectivity index (χ3n) is 3.64. The minimum Gasteiger partial charge on any atom is -0.377 e. The molecule has 100 valence electrons. The molecule has 0 spiro atoms. The van der Waals surface area contributed by atoms with Crippen LogP contribution in [0.15, 0.2) is 0 Å². The van der Waals surface area contributed by atoms with Crippen LogP contribution in [0.25, 0.3) is 0 Å². The maximum Gasteiger partial charge on any atom is 0.223 e. The molecule has 4 nitrogen and oxygen atoms in total. The second kappa shape index (κ2) is 6.97. The van der Waals surface area contributed by atoms with Gasteiger partial charge in [-0.25, -0.2) is 0 Å². The average molecular weight is 242 g/mol. The summed E-state index contributed by atoms with van der Waals surface area (Å²) in [7, 11) is 0. The minimum absolute atomic E-state index is 0.0835. The highest BCUT2D eigenvalue weighted by molar-refractivity contribution is 5.78. The molecule has 17 heavy (non-hydrogen) atoms. The summed E-state index contributed by atoms with van der Waals surface area (Å²) in [4.78, 5) is 11.9. The van der Waals surface area contributed by atoms with Crippen LogP contribution < -0.4 is 11.1 Å². The van der Waals surface area contributed by atoms with Crippen LogP contribution in [0.4, 0.5) is 0 Å². The van der Waals surface area contributed by atoms with E-state index in [2.05, 4.69) is 12.2 Å². The SMILES string of the molecule is CCOC(C)CNC(=O)C1CCC(C)C(N)C1. The molecule has 0 aromatic rings. The van der Waals surface area contributed by atoms with E-state index in [1.54, 1.807) is 0 Å². The second-order valence-electron chi connectivity index (χ2n) is 5.16. The molecule has 1 aliphatic rings. The lowest BCUT2D eigenvalue weighted by molar-refractivity contribution is -0.127. The molecule has 1 saturated carbocycles. The van der Waals surface area contributed by atoms with Gasteiger partial charge in [-0.1, -0.05) is 6.92 Å². The van der Waals surface area contributed by atoms with Gasteiger partial charge in [0.15, 0.2) is 0 Å². The fourth-order valence-electron chi connectivity index (χ4n) is 2.33. The zero-order chi connectivity index (χ0) is 12.8. The molecule has 0 saturated heterocycles. The van der Waals surface area contributed by atoms with Gasteiger partial charge >= 0.3 is 0 Å². The molecule has 1 rings (SSSR count). The summed E-state index contributed by atoms with van der Waals surface area (Å²) in [5, 5.41) is 2.95. The van der Waals surface area contributed by atoms with Crippen molar-refractivity contribution in [3.8, 4) is 0 Å². The van der Waals surface area contributed by atoms with Crippen LogP contribution in [-0.4, -0.2) is 31.2 Å². The van der Waals surface area contributed by atoms with Gasteiger partial charge in [0.05, 0.1) is 6.10 Å². The Kier molecular flexibility index (Phi) is 5.92. The number of hydrogen-bond donors (Lipinski definition) is 2. The van der Waals surface area contributed by atoms with Crippen LogP contribution in [0.2, 0.25) is 0 Å². The number of rotatable bonds is 5. The molecule has 1 aliphatic carbocycles. The van der Waals surface area contributed by atoms with Crippen molar-refractivity contribution in [2.24, 2.45) is 17.6 Å². The quantitative estimate of drug-likeness (QED) is 0.763. The van der Waals surface area contributed by atoms with E-state index in [0.717, 1.165) is 19.3 Å². The first-order chi connectivity index (χ1) is 8.04. The van der Waals surface area contributed by atoms with Gasteiger partial charge in [-0.05, 0) is 39.0 Å². The Bertz CT molecular complexity index is 246. The number of amides is 1. The van der Waals surface area contributed by atoms with Crippen molar-refractivity contribution in [3.05, 3.63) is 0 Å². The van der Waals surface area contributed by atoms with Crippen LogP contribution in [0.5, 0.6) is 0 Å². The van der Waals surface area contributed by atoms with E-state index >= 15 is 0 Å². The van der Waals surface area contributed by atoms with Gasteiger partial charge in [-0.3, -0.25) is 4.79 Å². The van der Waals surface area contributed by atoms with E-state index in [0.29, 0.717) is 19.1 Å². The fourth-order valence-corrected chi connectivity index (χ4v) is 2.33. The molecule has 0 aromatic carbocycles. The molecular formula is C13H26N2O2. The number of nitrogens with one attached hydrogen (secondary N) is 1. The Morgan fingerprint density at radius 3 is 2.82 bits per heavy atom. The normalized spacial score (nSPS) is 30.9. The second-order valence-corrected chi connectivity index (χ2v) is 5.16. The lowest BCUT2D eigenvalue weighted by atomic mass is 9.79. The molecule has 4 unspecified atom stereocenters. The van der Waals surface area contributed by atoms with Gasteiger partial charge in [-0.2, -0.15) is 0 Å². The number of nitrogens with two attached hydrogens (primary N) is 1. The third kappa shape index (κ3) is 4.64. The van der Waals surface area contributed by atoms with E-state index in [-0.39, 0.29) is 24.0 Å². The predicted molar refractivity (Wildman–Crippen MR) is 68.6 cm³/mol.